The first-order chi connectivity index (χ1) is 14.0. The molecule has 0 saturated carbocycles. The first kappa shape index (κ1) is 19.9. The Morgan fingerprint density at radius 2 is 1.86 bits per heavy atom. The normalized spacial score (nSPS) is 11.9. The van der Waals surface area contributed by atoms with Crippen molar-refractivity contribution in [3.63, 3.8) is 0 Å². The predicted molar refractivity (Wildman–Crippen MR) is 107 cm³/mol. The third-order valence-corrected chi connectivity index (χ3v) is 3.93. The van der Waals surface area contributed by atoms with Gasteiger partial charge in [0, 0.05) is 11.8 Å². The monoisotopic (exact) mass is 396 g/mol. The van der Waals surface area contributed by atoms with Crippen LogP contribution in [-0.4, -0.2) is 22.1 Å². The van der Waals surface area contributed by atoms with E-state index in [4.69, 9.17) is 5.73 Å². The van der Waals surface area contributed by atoms with Gasteiger partial charge in [0.2, 0.25) is 5.43 Å². The molecule has 29 heavy (non-hydrogen) atoms. The SMILES string of the molecule is Cc1cn(-c2ccccc2OC(F)F)nc(C(C=CN)=Nc2ccccc2)c1=O. The number of hydrogen-bond donors (Lipinski definition) is 1. The van der Waals surface area contributed by atoms with E-state index >= 15 is 0 Å². The number of rotatable bonds is 6. The van der Waals surface area contributed by atoms with Crippen LogP contribution >= 0.6 is 0 Å². The van der Waals surface area contributed by atoms with E-state index in [2.05, 4.69) is 14.8 Å². The standard InChI is InChI=1S/C21H18F2N4O2/c1-14-13-27(17-9-5-6-10-18(17)29-21(22)23)26-19(20(14)28)16(11-12-24)25-15-7-3-2-4-8-15/h2-13,21H,24H2,1H3. The minimum atomic E-state index is -2.99. The quantitative estimate of drug-likeness (QED) is 0.644. The highest BCUT2D eigenvalue weighted by Crippen LogP contribution is 2.23. The molecule has 2 N–H and O–H groups in total. The van der Waals surface area contributed by atoms with Crippen LogP contribution in [0.15, 0.2) is 82.9 Å². The molecule has 2 aromatic carbocycles. The van der Waals surface area contributed by atoms with Crippen molar-refractivity contribution in [3.05, 3.63) is 94.6 Å². The molecule has 0 fully saturated rings. The summed E-state index contributed by atoms with van der Waals surface area (Å²) in [6, 6.07) is 15.2. The van der Waals surface area contributed by atoms with Crippen molar-refractivity contribution in [3.8, 4) is 11.4 Å². The molecule has 0 radical (unpaired) electrons. The molecule has 0 aliphatic rings. The van der Waals surface area contributed by atoms with E-state index in [1.807, 2.05) is 18.2 Å². The second kappa shape index (κ2) is 8.92. The molecule has 0 saturated heterocycles. The average Bonchev–Trinajstić information content (AvgIpc) is 2.70. The highest BCUT2D eigenvalue weighted by Gasteiger charge is 2.16. The van der Waals surface area contributed by atoms with Crippen LogP contribution in [0.3, 0.4) is 0 Å². The lowest BCUT2D eigenvalue weighted by Gasteiger charge is -2.14. The summed E-state index contributed by atoms with van der Waals surface area (Å²) in [6.45, 7) is -1.39. The first-order valence-corrected chi connectivity index (χ1v) is 8.67. The van der Waals surface area contributed by atoms with Gasteiger partial charge in [-0.15, -0.1) is 0 Å². The number of benzene rings is 2. The molecule has 3 aromatic rings. The van der Waals surface area contributed by atoms with Crippen LogP contribution in [0.25, 0.3) is 5.69 Å². The molecule has 6 nitrogen and oxygen atoms in total. The zero-order valence-corrected chi connectivity index (χ0v) is 15.5. The second-order valence-corrected chi connectivity index (χ2v) is 5.97. The fraction of sp³-hybridized carbons (Fsp3) is 0.0952. The van der Waals surface area contributed by atoms with Crippen LogP contribution in [0.2, 0.25) is 0 Å². The smallest absolute Gasteiger partial charge is 0.387 e. The zero-order valence-electron chi connectivity index (χ0n) is 15.5. The number of ether oxygens (including phenoxy) is 1. The van der Waals surface area contributed by atoms with Crippen molar-refractivity contribution >= 4 is 11.4 Å². The number of halogens is 2. The summed E-state index contributed by atoms with van der Waals surface area (Å²) in [5.41, 5.74) is 6.68. The number of aryl methyl sites for hydroxylation is 1. The fourth-order valence-corrected chi connectivity index (χ4v) is 2.65. The molecule has 1 aromatic heterocycles. The number of aromatic nitrogens is 2. The average molecular weight is 396 g/mol. The number of alkyl halides is 2. The number of nitrogens with two attached hydrogens (primary N) is 1. The van der Waals surface area contributed by atoms with Gasteiger partial charge in [-0.25, -0.2) is 9.67 Å². The summed E-state index contributed by atoms with van der Waals surface area (Å²) >= 11 is 0. The van der Waals surface area contributed by atoms with E-state index in [-0.39, 0.29) is 28.3 Å². The predicted octanol–water partition coefficient (Wildman–Crippen LogP) is 3.74. The van der Waals surface area contributed by atoms with Crippen molar-refractivity contribution in [1.29, 1.82) is 0 Å². The number of hydrogen-bond acceptors (Lipinski definition) is 5. The summed E-state index contributed by atoms with van der Waals surface area (Å²) < 4.78 is 31.4. The Labute approximate surface area is 165 Å². The van der Waals surface area contributed by atoms with Gasteiger partial charge < -0.3 is 10.5 Å². The molecule has 148 valence electrons. The van der Waals surface area contributed by atoms with Gasteiger partial charge in [0.05, 0.1) is 11.4 Å². The number of nitrogens with zero attached hydrogens (tertiary/aromatic N) is 3. The van der Waals surface area contributed by atoms with E-state index in [0.717, 1.165) is 0 Å². The van der Waals surface area contributed by atoms with E-state index < -0.39 is 6.61 Å². The molecule has 3 rings (SSSR count). The van der Waals surface area contributed by atoms with Crippen molar-refractivity contribution in [2.45, 2.75) is 13.5 Å². The molecule has 0 spiro atoms. The van der Waals surface area contributed by atoms with Gasteiger partial charge in [0.1, 0.15) is 5.69 Å². The van der Waals surface area contributed by atoms with Crippen LogP contribution in [0.4, 0.5) is 14.5 Å². The first-order valence-electron chi connectivity index (χ1n) is 8.67. The molecule has 0 atom stereocenters. The van der Waals surface area contributed by atoms with Crippen LogP contribution in [-0.2, 0) is 0 Å². The van der Waals surface area contributed by atoms with Crippen molar-refractivity contribution in [2.75, 3.05) is 0 Å². The molecule has 0 amide bonds. The lowest BCUT2D eigenvalue weighted by atomic mass is 10.2. The van der Waals surface area contributed by atoms with Crippen molar-refractivity contribution in [2.24, 2.45) is 10.7 Å². The van der Waals surface area contributed by atoms with Crippen LogP contribution < -0.4 is 15.9 Å². The topological polar surface area (TPSA) is 82.5 Å². The van der Waals surface area contributed by atoms with Gasteiger partial charge in [0.25, 0.3) is 0 Å². The maximum Gasteiger partial charge on any atom is 0.387 e. The number of aliphatic imine (C=N–C) groups is 1. The van der Waals surface area contributed by atoms with Crippen molar-refractivity contribution in [1.82, 2.24) is 9.78 Å². The summed E-state index contributed by atoms with van der Waals surface area (Å²) in [4.78, 5) is 17.2. The Bertz CT molecular complexity index is 1110. The number of para-hydroxylation sites is 3. The maximum absolute atomic E-state index is 12.8. The van der Waals surface area contributed by atoms with Gasteiger partial charge in [-0.3, -0.25) is 4.79 Å². The minimum Gasteiger partial charge on any atom is -0.433 e. The Balaban J connectivity index is 2.18. The van der Waals surface area contributed by atoms with Gasteiger partial charge in [0.15, 0.2) is 11.4 Å². The summed E-state index contributed by atoms with van der Waals surface area (Å²) in [5, 5.41) is 4.33. The van der Waals surface area contributed by atoms with Gasteiger partial charge in [-0.05, 0) is 43.5 Å². The minimum absolute atomic E-state index is 0.0300. The molecular formula is C21H18F2N4O2. The summed E-state index contributed by atoms with van der Waals surface area (Å²) in [6.07, 6.45) is 4.16. The second-order valence-electron chi connectivity index (χ2n) is 5.97. The van der Waals surface area contributed by atoms with Crippen LogP contribution in [0.5, 0.6) is 5.75 Å². The Hall–Kier alpha value is -3.81. The fourth-order valence-electron chi connectivity index (χ4n) is 2.65. The molecule has 8 heteroatoms. The van der Waals surface area contributed by atoms with Crippen LogP contribution in [0, 0.1) is 6.92 Å². The van der Waals surface area contributed by atoms with Gasteiger partial charge >= 0.3 is 6.61 Å². The largest absolute Gasteiger partial charge is 0.433 e. The Morgan fingerprint density at radius 1 is 1.17 bits per heavy atom. The Morgan fingerprint density at radius 3 is 2.55 bits per heavy atom. The lowest BCUT2D eigenvalue weighted by Crippen LogP contribution is -2.23. The maximum atomic E-state index is 12.8. The van der Waals surface area contributed by atoms with E-state index in [1.165, 1.54) is 29.2 Å². The highest BCUT2D eigenvalue weighted by atomic mass is 19.3. The highest BCUT2D eigenvalue weighted by molar-refractivity contribution is 6.08. The molecule has 0 bridgehead atoms. The summed E-state index contributed by atoms with van der Waals surface area (Å²) in [5.74, 6) is -0.0695. The Kier molecular flexibility index (Phi) is 6.13. The van der Waals surface area contributed by atoms with Gasteiger partial charge in [-0.2, -0.15) is 13.9 Å². The van der Waals surface area contributed by atoms with E-state index in [0.29, 0.717) is 11.3 Å². The third kappa shape index (κ3) is 4.73. The third-order valence-electron chi connectivity index (χ3n) is 3.93. The van der Waals surface area contributed by atoms with E-state index in [1.54, 1.807) is 37.3 Å². The molecule has 0 aliphatic carbocycles. The van der Waals surface area contributed by atoms with Crippen LogP contribution in [0.1, 0.15) is 11.3 Å². The molecule has 1 heterocycles. The number of allylic oxidation sites excluding steroid dienone is 1. The molecule has 0 unspecified atom stereocenters. The lowest BCUT2D eigenvalue weighted by molar-refractivity contribution is -0.0499. The molecular weight excluding hydrogens is 378 g/mol. The molecule has 0 aliphatic heterocycles. The zero-order chi connectivity index (χ0) is 20.8. The summed E-state index contributed by atoms with van der Waals surface area (Å²) in [7, 11) is 0. The van der Waals surface area contributed by atoms with Gasteiger partial charge in [-0.1, -0.05) is 30.3 Å². The van der Waals surface area contributed by atoms with E-state index in [9.17, 15) is 13.6 Å². The van der Waals surface area contributed by atoms with Crippen molar-refractivity contribution < 1.29 is 13.5 Å².